The van der Waals surface area contributed by atoms with Crippen molar-refractivity contribution in [2.45, 2.75) is 6.04 Å². The van der Waals surface area contributed by atoms with Gasteiger partial charge in [0.1, 0.15) is 6.04 Å². The van der Waals surface area contributed by atoms with Gasteiger partial charge in [-0.05, 0) is 12.1 Å². The van der Waals surface area contributed by atoms with Crippen molar-refractivity contribution in [3.63, 3.8) is 0 Å². The van der Waals surface area contributed by atoms with Gasteiger partial charge in [0.25, 0.3) is 5.91 Å². The van der Waals surface area contributed by atoms with Crippen LogP contribution < -0.4 is 11.2 Å². The molecule has 0 saturated carbocycles. The first kappa shape index (κ1) is 17.0. The maximum absolute atomic E-state index is 11.1. The monoisotopic (exact) mass is 291 g/mol. The molecule has 1 aromatic rings. The highest BCUT2D eigenvalue weighted by atomic mass is 35.5. The Kier molecular flexibility index (Phi) is 6.62. The number of rotatable bonds is 4. The summed E-state index contributed by atoms with van der Waals surface area (Å²) in [6.45, 7) is -0.521. The van der Waals surface area contributed by atoms with Gasteiger partial charge in [-0.1, -0.05) is 0 Å². The lowest BCUT2D eigenvalue weighted by molar-refractivity contribution is -0.123. The standard InChI is InChI=1S/C10H13N3O5.ClH/c11-6(4-14)10(18)13-12-3-5-1-2-7(15)9(17)8(5)16;/h1-3,6,14-17H,4,11H2,(H,13,18);1H. The van der Waals surface area contributed by atoms with Crippen LogP contribution in [0.1, 0.15) is 5.56 Å². The van der Waals surface area contributed by atoms with Crippen LogP contribution in [0, 0.1) is 0 Å². The van der Waals surface area contributed by atoms with E-state index in [1.807, 2.05) is 5.43 Å². The van der Waals surface area contributed by atoms with Gasteiger partial charge in [0.05, 0.1) is 12.8 Å². The zero-order valence-electron chi connectivity index (χ0n) is 9.65. The predicted octanol–water partition coefficient (Wildman–Crippen LogP) is -1.01. The van der Waals surface area contributed by atoms with Gasteiger partial charge in [0.15, 0.2) is 11.5 Å². The molecule has 1 amide bonds. The first-order valence-electron chi connectivity index (χ1n) is 4.90. The number of aliphatic hydroxyl groups excluding tert-OH is 1. The van der Waals surface area contributed by atoms with Gasteiger partial charge < -0.3 is 26.2 Å². The molecule has 8 nitrogen and oxygen atoms in total. The molecule has 0 saturated heterocycles. The largest absolute Gasteiger partial charge is 0.504 e. The van der Waals surface area contributed by atoms with E-state index in [0.29, 0.717) is 0 Å². The summed E-state index contributed by atoms with van der Waals surface area (Å²) >= 11 is 0. The van der Waals surface area contributed by atoms with Gasteiger partial charge in [-0.2, -0.15) is 5.10 Å². The number of hydrazone groups is 1. The summed E-state index contributed by atoms with van der Waals surface area (Å²) in [6, 6.07) is 1.34. The predicted molar refractivity (Wildman–Crippen MR) is 69.5 cm³/mol. The Morgan fingerprint density at radius 3 is 2.58 bits per heavy atom. The molecular formula is C10H14ClN3O5. The molecule has 0 fully saturated rings. The van der Waals surface area contributed by atoms with Crippen LogP contribution in [-0.4, -0.2) is 45.2 Å². The number of hydrogen-bond donors (Lipinski definition) is 6. The average Bonchev–Trinajstić information content (AvgIpc) is 2.37. The molecule has 0 spiro atoms. The van der Waals surface area contributed by atoms with Crippen molar-refractivity contribution in [3.05, 3.63) is 17.7 Å². The lowest BCUT2D eigenvalue weighted by Gasteiger charge is -2.05. The summed E-state index contributed by atoms with van der Waals surface area (Å²) in [6.07, 6.45) is 1.05. The number of aliphatic hydroxyl groups is 1. The SMILES string of the molecule is Cl.NC(CO)C(=O)NN=Cc1ccc(O)c(O)c1O. The highest BCUT2D eigenvalue weighted by Gasteiger charge is 2.11. The zero-order valence-corrected chi connectivity index (χ0v) is 10.5. The first-order valence-corrected chi connectivity index (χ1v) is 4.90. The molecule has 1 atom stereocenters. The number of phenols is 3. The summed E-state index contributed by atoms with van der Waals surface area (Å²) in [7, 11) is 0. The van der Waals surface area contributed by atoms with E-state index in [-0.39, 0.29) is 18.0 Å². The third-order valence-corrected chi connectivity index (χ3v) is 2.07. The van der Waals surface area contributed by atoms with Crippen LogP contribution in [0.25, 0.3) is 0 Å². The highest BCUT2D eigenvalue weighted by Crippen LogP contribution is 2.36. The van der Waals surface area contributed by atoms with Crippen molar-refractivity contribution in [1.82, 2.24) is 5.43 Å². The second kappa shape index (κ2) is 7.41. The fraction of sp³-hybridized carbons (Fsp3) is 0.200. The Labute approximate surface area is 114 Å². The minimum Gasteiger partial charge on any atom is -0.504 e. The van der Waals surface area contributed by atoms with Gasteiger partial charge in [-0.15, -0.1) is 12.4 Å². The fourth-order valence-electron chi connectivity index (χ4n) is 1.02. The van der Waals surface area contributed by atoms with Crippen LogP contribution in [0.5, 0.6) is 17.2 Å². The quantitative estimate of drug-likeness (QED) is 0.238. The van der Waals surface area contributed by atoms with Crippen molar-refractivity contribution < 1.29 is 25.2 Å². The number of hydrogen-bond acceptors (Lipinski definition) is 7. The smallest absolute Gasteiger partial charge is 0.259 e. The minimum atomic E-state index is -1.09. The molecule has 0 aliphatic rings. The number of halogens is 1. The van der Waals surface area contributed by atoms with Crippen LogP contribution in [0.2, 0.25) is 0 Å². The van der Waals surface area contributed by atoms with Gasteiger partial charge >= 0.3 is 0 Å². The molecule has 0 radical (unpaired) electrons. The van der Waals surface area contributed by atoms with E-state index in [2.05, 4.69) is 5.10 Å². The van der Waals surface area contributed by atoms with Crippen LogP contribution in [0.3, 0.4) is 0 Å². The second-order valence-electron chi connectivity index (χ2n) is 3.39. The van der Waals surface area contributed by atoms with E-state index >= 15 is 0 Å². The Bertz CT molecular complexity index is 480. The van der Waals surface area contributed by atoms with Crippen molar-refractivity contribution in [2.24, 2.45) is 10.8 Å². The van der Waals surface area contributed by atoms with E-state index in [1.165, 1.54) is 6.07 Å². The number of carbonyl (C=O) groups excluding carboxylic acids is 1. The molecule has 106 valence electrons. The number of phenolic OH excluding ortho intramolecular Hbond substituents is 3. The van der Waals surface area contributed by atoms with Crippen molar-refractivity contribution in [1.29, 1.82) is 0 Å². The van der Waals surface area contributed by atoms with E-state index in [1.54, 1.807) is 0 Å². The lowest BCUT2D eigenvalue weighted by Crippen LogP contribution is -2.40. The molecule has 7 N–H and O–H groups in total. The van der Waals surface area contributed by atoms with E-state index in [4.69, 9.17) is 15.9 Å². The zero-order chi connectivity index (χ0) is 13.7. The number of amides is 1. The third kappa shape index (κ3) is 4.28. The van der Waals surface area contributed by atoms with Crippen molar-refractivity contribution in [3.8, 4) is 17.2 Å². The Balaban J connectivity index is 0.00000324. The van der Waals surface area contributed by atoms with Crippen molar-refractivity contribution in [2.75, 3.05) is 6.61 Å². The lowest BCUT2D eigenvalue weighted by atomic mass is 10.2. The molecule has 0 aliphatic heterocycles. The molecule has 0 heterocycles. The molecule has 1 rings (SSSR count). The summed E-state index contributed by atoms with van der Waals surface area (Å²) in [5.74, 6) is -2.43. The summed E-state index contributed by atoms with van der Waals surface area (Å²) in [5, 5.41) is 39.8. The van der Waals surface area contributed by atoms with E-state index < -0.39 is 35.8 Å². The number of nitrogens with two attached hydrogens (primary N) is 1. The maximum Gasteiger partial charge on any atom is 0.259 e. The van der Waals surface area contributed by atoms with E-state index in [9.17, 15) is 15.0 Å². The normalized spacial score (nSPS) is 11.9. The summed E-state index contributed by atoms with van der Waals surface area (Å²) in [5.41, 5.74) is 7.33. The molecule has 19 heavy (non-hydrogen) atoms. The second-order valence-corrected chi connectivity index (χ2v) is 3.39. The van der Waals surface area contributed by atoms with E-state index in [0.717, 1.165) is 12.3 Å². The topological polar surface area (TPSA) is 148 Å². The average molecular weight is 292 g/mol. The molecular weight excluding hydrogens is 278 g/mol. The molecule has 0 aliphatic carbocycles. The van der Waals surface area contributed by atoms with Gasteiger partial charge in [0, 0.05) is 5.56 Å². The molecule has 1 aromatic carbocycles. The summed E-state index contributed by atoms with van der Waals surface area (Å²) in [4.78, 5) is 11.1. The fourth-order valence-corrected chi connectivity index (χ4v) is 1.02. The number of aromatic hydroxyl groups is 3. The van der Waals surface area contributed by atoms with Crippen LogP contribution in [0.15, 0.2) is 17.2 Å². The number of nitrogens with zero attached hydrogens (tertiary/aromatic N) is 1. The number of benzene rings is 1. The maximum atomic E-state index is 11.1. The molecule has 0 bridgehead atoms. The number of nitrogens with one attached hydrogen (secondary N) is 1. The molecule has 9 heteroatoms. The minimum absolute atomic E-state index is 0. The summed E-state index contributed by atoms with van der Waals surface area (Å²) < 4.78 is 0. The van der Waals surface area contributed by atoms with Crippen LogP contribution >= 0.6 is 12.4 Å². The van der Waals surface area contributed by atoms with Crippen molar-refractivity contribution >= 4 is 24.5 Å². The van der Waals surface area contributed by atoms with Gasteiger partial charge in [-0.25, -0.2) is 5.43 Å². The highest BCUT2D eigenvalue weighted by molar-refractivity contribution is 5.87. The van der Waals surface area contributed by atoms with Crippen LogP contribution in [-0.2, 0) is 4.79 Å². The Morgan fingerprint density at radius 2 is 2.00 bits per heavy atom. The number of carbonyl (C=O) groups is 1. The molecule has 1 unspecified atom stereocenters. The Morgan fingerprint density at radius 1 is 1.37 bits per heavy atom. The van der Waals surface area contributed by atoms with Crippen LogP contribution in [0.4, 0.5) is 0 Å². The van der Waals surface area contributed by atoms with Gasteiger partial charge in [-0.3, -0.25) is 4.79 Å². The molecule has 0 aromatic heterocycles. The van der Waals surface area contributed by atoms with Gasteiger partial charge in [0.2, 0.25) is 5.75 Å². The Hall–Kier alpha value is -2.03. The third-order valence-electron chi connectivity index (χ3n) is 2.07. The first-order chi connectivity index (χ1) is 8.47.